The summed E-state index contributed by atoms with van der Waals surface area (Å²) in [7, 11) is 0. The van der Waals surface area contributed by atoms with Crippen LogP contribution in [0, 0.1) is 0 Å². The molecular formula is C21H22Cl2N2OS. The number of amides is 1. The minimum absolute atomic E-state index is 0.0998. The summed E-state index contributed by atoms with van der Waals surface area (Å²) < 4.78 is 0. The molecule has 2 heterocycles. The normalized spacial score (nSPS) is 24.9. The van der Waals surface area contributed by atoms with E-state index in [0.717, 1.165) is 42.1 Å². The number of carbonyl (C=O) groups excluding carboxylic acids is 1. The Kier molecular flexibility index (Phi) is 5.98. The standard InChI is InChI=1S/C21H22Cl2N2OS/c22-17-10-15-14(7-9-27-20(15)11-18(17)23)21(26)25-19-6-8-24-12-16(19)13-4-2-1-3-5-13/h1-5,10-11,14,16,19,24H,6-9,12H2,(H,25,26). The van der Waals surface area contributed by atoms with E-state index in [9.17, 15) is 4.79 Å². The Hall–Kier alpha value is -1.20. The van der Waals surface area contributed by atoms with Crippen molar-refractivity contribution in [2.24, 2.45) is 0 Å². The van der Waals surface area contributed by atoms with Gasteiger partial charge in [-0.1, -0.05) is 53.5 Å². The van der Waals surface area contributed by atoms with Crippen molar-refractivity contribution in [3.05, 3.63) is 63.6 Å². The first kappa shape index (κ1) is 19.1. The molecule has 6 heteroatoms. The van der Waals surface area contributed by atoms with Crippen LogP contribution in [0.4, 0.5) is 0 Å². The van der Waals surface area contributed by atoms with Crippen LogP contribution >= 0.6 is 35.0 Å². The molecule has 0 radical (unpaired) electrons. The Morgan fingerprint density at radius 2 is 1.89 bits per heavy atom. The van der Waals surface area contributed by atoms with Gasteiger partial charge in [0.2, 0.25) is 5.91 Å². The van der Waals surface area contributed by atoms with E-state index in [-0.39, 0.29) is 23.8 Å². The second-order valence-electron chi connectivity index (χ2n) is 7.12. The fourth-order valence-corrected chi connectivity index (χ4v) is 5.56. The predicted molar refractivity (Wildman–Crippen MR) is 113 cm³/mol. The fourth-order valence-electron chi connectivity index (χ4n) is 4.02. The van der Waals surface area contributed by atoms with Gasteiger partial charge in [0, 0.05) is 23.4 Å². The molecule has 0 aromatic heterocycles. The quantitative estimate of drug-likeness (QED) is 0.746. The molecule has 3 atom stereocenters. The van der Waals surface area contributed by atoms with Gasteiger partial charge >= 0.3 is 0 Å². The van der Waals surface area contributed by atoms with Crippen molar-refractivity contribution in [3.63, 3.8) is 0 Å². The number of halogens is 2. The number of fused-ring (bicyclic) bond motifs is 1. The molecule has 3 nitrogen and oxygen atoms in total. The first-order valence-corrected chi connectivity index (χ1v) is 11.1. The van der Waals surface area contributed by atoms with Crippen LogP contribution < -0.4 is 10.6 Å². The first-order valence-electron chi connectivity index (χ1n) is 9.31. The highest BCUT2D eigenvalue weighted by Gasteiger charge is 2.33. The average Bonchev–Trinajstić information content (AvgIpc) is 2.69. The van der Waals surface area contributed by atoms with Crippen LogP contribution in [0.1, 0.15) is 35.8 Å². The highest BCUT2D eigenvalue weighted by atomic mass is 35.5. The Balaban J connectivity index is 1.55. The molecule has 1 fully saturated rings. The van der Waals surface area contributed by atoms with Crippen molar-refractivity contribution in [3.8, 4) is 0 Å². The summed E-state index contributed by atoms with van der Waals surface area (Å²) in [5.41, 5.74) is 2.27. The monoisotopic (exact) mass is 420 g/mol. The van der Waals surface area contributed by atoms with Gasteiger partial charge < -0.3 is 10.6 Å². The highest BCUT2D eigenvalue weighted by Crippen LogP contribution is 2.41. The third-order valence-electron chi connectivity index (χ3n) is 5.45. The van der Waals surface area contributed by atoms with Gasteiger partial charge in [-0.25, -0.2) is 0 Å². The minimum atomic E-state index is -0.165. The van der Waals surface area contributed by atoms with Crippen molar-refractivity contribution in [2.75, 3.05) is 18.8 Å². The lowest BCUT2D eigenvalue weighted by Gasteiger charge is -2.35. The molecule has 142 valence electrons. The lowest BCUT2D eigenvalue weighted by molar-refractivity contribution is -0.123. The number of hydrogen-bond donors (Lipinski definition) is 2. The SMILES string of the molecule is O=C(NC1CCNCC1c1ccccc1)C1CCSc2cc(Cl)c(Cl)cc21. The van der Waals surface area contributed by atoms with Gasteiger partial charge in [-0.2, -0.15) is 0 Å². The van der Waals surface area contributed by atoms with Crippen molar-refractivity contribution in [2.45, 2.75) is 35.6 Å². The number of hydrogen-bond acceptors (Lipinski definition) is 3. The van der Waals surface area contributed by atoms with E-state index in [1.807, 2.05) is 18.2 Å². The maximum atomic E-state index is 13.2. The van der Waals surface area contributed by atoms with Crippen molar-refractivity contribution in [1.29, 1.82) is 0 Å². The van der Waals surface area contributed by atoms with E-state index in [1.54, 1.807) is 11.8 Å². The lowest BCUT2D eigenvalue weighted by Crippen LogP contribution is -2.49. The number of piperidine rings is 1. The first-order chi connectivity index (χ1) is 13.1. The number of rotatable bonds is 3. The van der Waals surface area contributed by atoms with Gasteiger partial charge in [0.15, 0.2) is 0 Å². The van der Waals surface area contributed by atoms with E-state index >= 15 is 0 Å². The molecule has 0 bridgehead atoms. The van der Waals surface area contributed by atoms with Crippen molar-refractivity contribution >= 4 is 40.9 Å². The molecule has 0 spiro atoms. The highest BCUT2D eigenvalue weighted by molar-refractivity contribution is 7.99. The molecule has 2 aromatic rings. The Morgan fingerprint density at radius 3 is 2.70 bits per heavy atom. The summed E-state index contributed by atoms with van der Waals surface area (Å²) in [5.74, 6) is 1.14. The van der Waals surface area contributed by atoms with Crippen LogP contribution in [-0.2, 0) is 4.79 Å². The third kappa shape index (κ3) is 4.14. The molecule has 2 aliphatic rings. The summed E-state index contributed by atoms with van der Waals surface area (Å²) in [4.78, 5) is 14.3. The zero-order valence-corrected chi connectivity index (χ0v) is 17.2. The van der Waals surface area contributed by atoms with Crippen molar-refractivity contribution < 1.29 is 4.79 Å². The maximum Gasteiger partial charge on any atom is 0.227 e. The number of carbonyl (C=O) groups is 1. The van der Waals surface area contributed by atoms with E-state index in [4.69, 9.17) is 23.2 Å². The molecule has 1 amide bonds. The Labute approximate surface area is 174 Å². The summed E-state index contributed by atoms with van der Waals surface area (Å²) in [6.07, 6.45) is 1.75. The molecular weight excluding hydrogens is 399 g/mol. The van der Waals surface area contributed by atoms with Gasteiger partial charge in [-0.15, -0.1) is 11.8 Å². The minimum Gasteiger partial charge on any atom is -0.352 e. The van der Waals surface area contributed by atoms with Crippen LogP contribution in [0.5, 0.6) is 0 Å². The number of thioether (sulfide) groups is 1. The van der Waals surface area contributed by atoms with E-state index in [1.165, 1.54) is 5.56 Å². The summed E-state index contributed by atoms with van der Waals surface area (Å²) >= 11 is 14.1. The summed E-state index contributed by atoms with van der Waals surface area (Å²) in [6, 6.07) is 14.3. The van der Waals surface area contributed by atoms with Gasteiger partial charge in [-0.05, 0) is 48.4 Å². The van der Waals surface area contributed by atoms with Gasteiger partial charge in [-0.3, -0.25) is 4.79 Å². The molecule has 0 aliphatic carbocycles. The van der Waals surface area contributed by atoms with Crippen LogP contribution in [0.15, 0.2) is 47.4 Å². The van der Waals surface area contributed by atoms with Crippen molar-refractivity contribution in [1.82, 2.24) is 10.6 Å². The molecule has 27 heavy (non-hydrogen) atoms. The molecule has 2 aromatic carbocycles. The molecule has 0 saturated carbocycles. The maximum absolute atomic E-state index is 13.2. The largest absolute Gasteiger partial charge is 0.352 e. The smallest absolute Gasteiger partial charge is 0.227 e. The number of nitrogens with one attached hydrogen (secondary N) is 2. The van der Waals surface area contributed by atoms with Gasteiger partial charge in [0.1, 0.15) is 0 Å². The fraction of sp³-hybridized carbons (Fsp3) is 0.381. The topological polar surface area (TPSA) is 41.1 Å². The third-order valence-corrected chi connectivity index (χ3v) is 7.27. The Bertz CT molecular complexity index is 830. The van der Waals surface area contributed by atoms with E-state index in [0.29, 0.717) is 10.0 Å². The predicted octanol–water partition coefficient (Wildman–Crippen LogP) is 4.83. The molecule has 2 aliphatic heterocycles. The Morgan fingerprint density at radius 1 is 1.11 bits per heavy atom. The van der Waals surface area contributed by atoms with E-state index < -0.39 is 0 Å². The second kappa shape index (κ2) is 8.44. The van der Waals surface area contributed by atoms with Gasteiger partial charge in [0.05, 0.1) is 16.0 Å². The van der Waals surface area contributed by atoms with Crippen LogP contribution in [-0.4, -0.2) is 30.8 Å². The zero-order chi connectivity index (χ0) is 18.8. The zero-order valence-electron chi connectivity index (χ0n) is 14.9. The molecule has 4 rings (SSSR count). The summed E-state index contributed by atoms with van der Waals surface area (Å²) in [6.45, 7) is 1.81. The lowest BCUT2D eigenvalue weighted by atomic mass is 9.86. The van der Waals surface area contributed by atoms with E-state index in [2.05, 4.69) is 34.9 Å². The number of benzene rings is 2. The van der Waals surface area contributed by atoms with Crippen LogP contribution in [0.2, 0.25) is 10.0 Å². The average molecular weight is 421 g/mol. The second-order valence-corrected chi connectivity index (χ2v) is 9.07. The molecule has 1 saturated heterocycles. The summed E-state index contributed by atoms with van der Waals surface area (Å²) in [5, 5.41) is 7.87. The van der Waals surface area contributed by atoms with Gasteiger partial charge in [0.25, 0.3) is 0 Å². The molecule has 3 unspecified atom stereocenters. The molecule has 2 N–H and O–H groups in total. The van der Waals surface area contributed by atoms with Crippen LogP contribution in [0.3, 0.4) is 0 Å². The van der Waals surface area contributed by atoms with Crippen LogP contribution in [0.25, 0.3) is 0 Å².